The van der Waals surface area contributed by atoms with Crippen molar-refractivity contribution in [1.29, 1.82) is 0 Å². The van der Waals surface area contributed by atoms with Crippen LogP contribution in [0.4, 0.5) is 0 Å². The van der Waals surface area contributed by atoms with E-state index in [9.17, 15) is 0 Å². The van der Waals surface area contributed by atoms with Crippen LogP contribution < -0.4 is 14.8 Å². The second kappa shape index (κ2) is 11.1. The van der Waals surface area contributed by atoms with Crippen molar-refractivity contribution in [2.75, 3.05) is 7.11 Å². The fourth-order valence-corrected chi connectivity index (χ4v) is 3.57. The van der Waals surface area contributed by atoms with Crippen molar-refractivity contribution in [3.05, 3.63) is 94.0 Å². The van der Waals surface area contributed by atoms with E-state index in [1.165, 1.54) is 11.1 Å². The number of hydrogen-bond donors (Lipinski definition) is 1. The van der Waals surface area contributed by atoms with Gasteiger partial charge in [0.05, 0.1) is 12.1 Å². The Labute approximate surface area is 185 Å². The van der Waals surface area contributed by atoms with Gasteiger partial charge in [-0.25, -0.2) is 0 Å². The predicted molar refractivity (Wildman–Crippen MR) is 125 cm³/mol. The molecule has 0 bridgehead atoms. The molecule has 0 saturated carbocycles. The average molecular weight is 424 g/mol. The molecule has 0 heterocycles. The third-order valence-electron chi connectivity index (χ3n) is 5.16. The molecule has 0 spiro atoms. The monoisotopic (exact) mass is 423 g/mol. The number of benzene rings is 3. The van der Waals surface area contributed by atoms with E-state index in [2.05, 4.69) is 73.8 Å². The molecule has 0 saturated heterocycles. The molecule has 0 aromatic heterocycles. The lowest BCUT2D eigenvalue weighted by atomic mass is 10.1. The summed E-state index contributed by atoms with van der Waals surface area (Å²) in [6.07, 6.45) is 2.14. The minimum Gasteiger partial charge on any atom is -0.493 e. The van der Waals surface area contributed by atoms with Gasteiger partial charge >= 0.3 is 0 Å². The Balaban J connectivity index is 1.56. The van der Waals surface area contributed by atoms with E-state index in [-0.39, 0.29) is 0 Å². The van der Waals surface area contributed by atoms with Gasteiger partial charge in [0.1, 0.15) is 6.61 Å². The quantitative estimate of drug-likeness (QED) is 0.412. The van der Waals surface area contributed by atoms with E-state index in [1.807, 2.05) is 12.1 Å². The van der Waals surface area contributed by atoms with Gasteiger partial charge < -0.3 is 14.8 Å². The zero-order valence-corrected chi connectivity index (χ0v) is 18.7. The first kappa shape index (κ1) is 22.2. The molecule has 1 atom stereocenters. The number of hydrogen-bond acceptors (Lipinski definition) is 3. The van der Waals surface area contributed by atoms with Crippen LogP contribution in [0, 0.1) is 6.92 Å². The molecule has 4 heteroatoms. The maximum Gasteiger partial charge on any atom is 0.180 e. The van der Waals surface area contributed by atoms with Gasteiger partial charge in [-0.1, -0.05) is 71.8 Å². The molecular formula is C26H30ClNO2. The molecule has 3 rings (SSSR count). The summed E-state index contributed by atoms with van der Waals surface area (Å²) in [7, 11) is 1.64. The Morgan fingerprint density at radius 2 is 1.67 bits per heavy atom. The van der Waals surface area contributed by atoms with Gasteiger partial charge in [-0.3, -0.25) is 0 Å². The minimum absolute atomic E-state index is 0.396. The molecule has 158 valence electrons. The zero-order valence-electron chi connectivity index (χ0n) is 18.0. The summed E-state index contributed by atoms with van der Waals surface area (Å²) in [6.45, 7) is 5.45. The third-order valence-corrected chi connectivity index (χ3v) is 5.44. The van der Waals surface area contributed by atoms with E-state index >= 15 is 0 Å². The van der Waals surface area contributed by atoms with Crippen LogP contribution in [-0.2, 0) is 19.6 Å². The van der Waals surface area contributed by atoms with Crippen molar-refractivity contribution in [2.45, 2.75) is 45.9 Å². The second-order valence-electron chi connectivity index (χ2n) is 7.69. The number of aryl methyl sites for hydroxylation is 2. The summed E-state index contributed by atoms with van der Waals surface area (Å²) in [5.74, 6) is 1.24. The summed E-state index contributed by atoms with van der Waals surface area (Å²) < 4.78 is 11.5. The topological polar surface area (TPSA) is 30.5 Å². The van der Waals surface area contributed by atoms with Crippen LogP contribution in [0.5, 0.6) is 11.5 Å². The fraction of sp³-hybridized carbons (Fsp3) is 0.308. The highest BCUT2D eigenvalue weighted by molar-refractivity contribution is 6.32. The van der Waals surface area contributed by atoms with Gasteiger partial charge in [-0.05, 0) is 55.5 Å². The normalized spacial score (nSPS) is 11.9. The Morgan fingerprint density at radius 3 is 2.37 bits per heavy atom. The Hall–Kier alpha value is -2.49. The van der Waals surface area contributed by atoms with Crippen molar-refractivity contribution in [3.63, 3.8) is 0 Å². The van der Waals surface area contributed by atoms with Gasteiger partial charge in [-0.2, -0.15) is 0 Å². The van der Waals surface area contributed by atoms with Crippen molar-refractivity contribution in [2.24, 2.45) is 0 Å². The van der Waals surface area contributed by atoms with E-state index in [0.717, 1.165) is 30.5 Å². The van der Waals surface area contributed by atoms with Gasteiger partial charge in [0.2, 0.25) is 0 Å². The molecule has 0 aliphatic heterocycles. The van der Waals surface area contributed by atoms with Crippen LogP contribution in [-0.4, -0.2) is 13.2 Å². The van der Waals surface area contributed by atoms with Crippen LogP contribution in [0.2, 0.25) is 5.02 Å². The molecule has 3 nitrogen and oxygen atoms in total. The maximum absolute atomic E-state index is 6.53. The largest absolute Gasteiger partial charge is 0.493 e. The molecular weight excluding hydrogens is 394 g/mol. The lowest BCUT2D eigenvalue weighted by Crippen LogP contribution is -2.26. The number of halogens is 1. The highest BCUT2D eigenvalue weighted by Gasteiger charge is 2.13. The number of rotatable bonds is 10. The van der Waals surface area contributed by atoms with Crippen LogP contribution >= 0.6 is 11.6 Å². The zero-order chi connectivity index (χ0) is 21.3. The highest BCUT2D eigenvalue weighted by atomic mass is 35.5. The molecule has 0 radical (unpaired) electrons. The van der Waals surface area contributed by atoms with Crippen LogP contribution in [0.1, 0.15) is 35.6 Å². The highest BCUT2D eigenvalue weighted by Crippen LogP contribution is 2.37. The molecule has 30 heavy (non-hydrogen) atoms. The minimum atomic E-state index is 0.396. The Bertz CT molecular complexity index is 926. The van der Waals surface area contributed by atoms with Crippen LogP contribution in [0.3, 0.4) is 0 Å². The fourth-order valence-electron chi connectivity index (χ4n) is 3.28. The predicted octanol–water partition coefficient (Wildman–Crippen LogP) is 6.35. The van der Waals surface area contributed by atoms with Crippen molar-refractivity contribution < 1.29 is 9.47 Å². The third kappa shape index (κ3) is 6.51. The Morgan fingerprint density at radius 1 is 0.933 bits per heavy atom. The molecule has 3 aromatic rings. The van der Waals surface area contributed by atoms with E-state index in [4.69, 9.17) is 21.1 Å². The van der Waals surface area contributed by atoms with Gasteiger partial charge in [-0.15, -0.1) is 0 Å². The van der Waals surface area contributed by atoms with E-state index in [0.29, 0.717) is 29.2 Å². The van der Waals surface area contributed by atoms with Crippen molar-refractivity contribution in [1.82, 2.24) is 5.32 Å². The second-order valence-corrected chi connectivity index (χ2v) is 8.10. The maximum atomic E-state index is 6.53. The molecule has 1 unspecified atom stereocenters. The summed E-state index contributed by atoms with van der Waals surface area (Å²) in [5, 5.41) is 4.14. The van der Waals surface area contributed by atoms with Crippen molar-refractivity contribution in [3.8, 4) is 11.5 Å². The van der Waals surface area contributed by atoms with Gasteiger partial charge in [0.25, 0.3) is 0 Å². The average Bonchev–Trinajstić information content (AvgIpc) is 2.77. The van der Waals surface area contributed by atoms with Crippen molar-refractivity contribution >= 4 is 11.6 Å². The van der Waals surface area contributed by atoms with Crippen LogP contribution in [0.15, 0.2) is 66.7 Å². The molecule has 0 amide bonds. The first-order valence-corrected chi connectivity index (χ1v) is 10.7. The molecule has 1 N–H and O–H groups in total. The van der Waals surface area contributed by atoms with Crippen LogP contribution in [0.25, 0.3) is 0 Å². The molecule has 0 aliphatic carbocycles. The number of ether oxygens (including phenoxy) is 2. The lowest BCUT2D eigenvalue weighted by Gasteiger charge is -2.17. The summed E-state index contributed by atoms with van der Waals surface area (Å²) >= 11 is 6.53. The Kier molecular flexibility index (Phi) is 8.18. The number of methoxy groups -OCH3 is 1. The number of nitrogens with one attached hydrogen (secondary N) is 1. The lowest BCUT2D eigenvalue weighted by molar-refractivity contribution is 0.284. The molecule has 3 aromatic carbocycles. The van der Waals surface area contributed by atoms with E-state index in [1.54, 1.807) is 7.11 Å². The summed E-state index contributed by atoms with van der Waals surface area (Å²) in [6, 6.07) is 23.2. The standard InChI is InChI=1S/C26H30ClNO2/c1-19-9-12-22(13-10-19)18-30-26-24(27)15-23(16-25(26)29-3)17-28-20(2)11-14-21-7-5-4-6-8-21/h4-10,12-13,15-16,20,28H,11,14,17-18H2,1-3H3. The summed E-state index contributed by atoms with van der Waals surface area (Å²) in [5.41, 5.74) is 4.76. The van der Waals surface area contributed by atoms with E-state index < -0.39 is 0 Å². The molecule has 0 aliphatic rings. The van der Waals surface area contributed by atoms with Gasteiger partial charge in [0, 0.05) is 12.6 Å². The smallest absolute Gasteiger partial charge is 0.180 e. The van der Waals surface area contributed by atoms with Gasteiger partial charge in [0.15, 0.2) is 11.5 Å². The first-order chi connectivity index (χ1) is 14.5. The SMILES string of the molecule is COc1cc(CNC(C)CCc2ccccc2)cc(Cl)c1OCc1ccc(C)cc1. The first-order valence-electron chi connectivity index (χ1n) is 10.4. The molecule has 0 fully saturated rings. The summed E-state index contributed by atoms with van der Waals surface area (Å²) in [4.78, 5) is 0.